The van der Waals surface area contributed by atoms with E-state index in [9.17, 15) is 28.7 Å². The molecule has 6 rings (SSSR count). The number of benzene rings is 4. The van der Waals surface area contributed by atoms with Crippen LogP contribution in [0.2, 0.25) is 5.02 Å². The van der Waals surface area contributed by atoms with Gasteiger partial charge < -0.3 is 20.2 Å². The third kappa shape index (κ3) is 7.59. The lowest BCUT2D eigenvalue weighted by atomic mass is 9.83. The molecule has 2 heterocycles. The van der Waals surface area contributed by atoms with Crippen LogP contribution >= 0.6 is 11.6 Å². The van der Waals surface area contributed by atoms with Gasteiger partial charge in [0, 0.05) is 37.8 Å². The molecular formula is C39H35ClFN5O5. The SMILES string of the molecule is CN(C)CCNC(=O)c1ccc(-c2cccc3c2CCN(C(=O)c2cnn(-c4cccc(Cl)c4F)c2)C3C(=O)Cc2ccc(C(=O)O)cc2)cc1. The van der Waals surface area contributed by atoms with Crippen LogP contribution in [0.3, 0.4) is 0 Å². The number of rotatable bonds is 11. The van der Waals surface area contributed by atoms with E-state index in [1.165, 1.54) is 46.2 Å². The van der Waals surface area contributed by atoms with Gasteiger partial charge in [-0.1, -0.05) is 60.1 Å². The zero-order valence-electron chi connectivity index (χ0n) is 28.0. The van der Waals surface area contributed by atoms with Crippen molar-refractivity contribution in [3.63, 3.8) is 0 Å². The molecule has 0 saturated carbocycles. The molecule has 12 heteroatoms. The highest BCUT2D eigenvalue weighted by Gasteiger charge is 2.37. The predicted octanol–water partition coefficient (Wildman–Crippen LogP) is 5.87. The number of nitrogens with one attached hydrogen (secondary N) is 1. The van der Waals surface area contributed by atoms with Gasteiger partial charge in [0.2, 0.25) is 0 Å². The summed E-state index contributed by atoms with van der Waals surface area (Å²) in [6, 6.07) is 22.5. The van der Waals surface area contributed by atoms with Crippen LogP contribution in [0, 0.1) is 5.82 Å². The highest BCUT2D eigenvalue weighted by atomic mass is 35.5. The topological polar surface area (TPSA) is 125 Å². The van der Waals surface area contributed by atoms with Gasteiger partial charge in [0.1, 0.15) is 11.7 Å². The molecule has 1 aromatic heterocycles. The summed E-state index contributed by atoms with van der Waals surface area (Å²) in [5, 5.41) is 16.4. The van der Waals surface area contributed by atoms with Crippen LogP contribution in [-0.4, -0.2) is 82.0 Å². The molecule has 51 heavy (non-hydrogen) atoms. The standard InChI is InChI=1S/C39H35ClFN5O5/c1-44(2)20-18-42-37(48)26-15-13-25(14-16-26)29-5-3-6-31-30(29)17-19-45(36(31)34(47)21-24-9-11-27(12-10-24)39(50)51)38(49)28-22-43-46(23-28)33-8-4-7-32(40)35(33)41/h3-16,22-23,36H,17-21H2,1-2H3,(H,42,48)(H,50,51). The second-order valence-corrected chi connectivity index (χ2v) is 13.0. The monoisotopic (exact) mass is 707 g/mol. The lowest BCUT2D eigenvalue weighted by Crippen LogP contribution is -2.44. The van der Waals surface area contributed by atoms with E-state index in [0.717, 1.165) is 23.2 Å². The second-order valence-electron chi connectivity index (χ2n) is 12.6. The number of carbonyl (C=O) groups excluding carboxylic acids is 3. The third-order valence-electron chi connectivity index (χ3n) is 8.88. The molecule has 2 N–H and O–H groups in total. The van der Waals surface area contributed by atoms with Crippen LogP contribution < -0.4 is 5.32 Å². The number of aromatic nitrogens is 2. The first kappa shape index (κ1) is 35.2. The van der Waals surface area contributed by atoms with E-state index in [1.807, 2.05) is 49.3 Å². The zero-order valence-corrected chi connectivity index (χ0v) is 28.7. The van der Waals surface area contributed by atoms with Crippen LogP contribution in [-0.2, 0) is 17.6 Å². The number of hydrogen-bond donors (Lipinski definition) is 2. The van der Waals surface area contributed by atoms with E-state index < -0.39 is 23.7 Å². The van der Waals surface area contributed by atoms with E-state index in [1.54, 1.807) is 30.3 Å². The molecule has 5 aromatic rings. The molecular weight excluding hydrogens is 673 g/mol. The Bertz CT molecular complexity index is 2110. The quantitative estimate of drug-likeness (QED) is 0.176. The number of Topliss-reactive ketones (excluding diaryl/α,β-unsaturated/α-hetero) is 1. The summed E-state index contributed by atoms with van der Waals surface area (Å²) in [4.78, 5) is 56.0. The fraction of sp³-hybridized carbons (Fsp3) is 0.205. The second kappa shape index (κ2) is 15.1. The lowest BCUT2D eigenvalue weighted by molar-refractivity contribution is -0.123. The van der Waals surface area contributed by atoms with Crippen LogP contribution in [0.25, 0.3) is 16.8 Å². The molecule has 10 nitrogen and oxygen atoms in total. The minimum atomic E-state index is -1.07. The van der Waals surface area contributed by atoms with Crippen molar-refractivity contribution >= 4 is 35.2 Å². The molecule has 0 saturated heterocycles. The number of nitrogens with zero attached hydrogens (tertiary/aromatic N) is 4. The van der Waals surface area contributed by atoms with Gasteiger partial charge in [0.05, 0.1) is 22.3 Å². The summed E-state index contributed by atoms with van der Waals surface area (Å²) < 4.78 is 16.0. The number of halogens is 2. The minimum Gasteiger partial charge on any atom is -0.478 e. The summed E-state index contributed by atoms with van der Waals surface area (Å²) in [5.74, 6) is -2.64. The van der Waals surface area contributed by atoms with E-state index in [4.69, 9.17) is 11.6 Å². The van der Waals surface area contributed by atoms with Crippen LogP contribution in [0.5, 0.6) is 0 Å². The molecule has 0 spiro atoms. The van der Waals surface area contributed by atoms with Crippen molar-refractivity contribution in [1.29, 1.82) is 0 Å². The average Bonchev–Trinajstić information content (AvgIpc) is 3.62. The maximum Gasteiger partial charge on any atom is 0.335 e. The number of amides is 2. The van der Waals surface area contributed by atoms with Gasteiger partial charge in [-0.15, -0.1) is 0 Å². The Labute approximate surface area is 299 Å². The normalized spacial score (nSPS) is 13.9. The van der Waals surface area contributed by atoms with Crippen molar-refractivity contribution in [2.75, 3.05) is 33.7 Å². The van der Waals surface area contributed by atoms with E-state index in [0.29, 0.717) is 29.7 Å². The molecule has 1 unspecified atom stereocenters. The smallest absolute Gasteiger partial charge is 0.335 e. The van der Waals surface area contributed by atoms with E-state index in [-0.39, 0.29) is 46.5 Å². The van der Waals surface area contributed by atoms with Crippen LogP contribution in [0.4, 0.5) is 4.39 Å². The minimum absolute atomic E-state index is 0.0529. The first-order chi connectivity index (χ1) is 24.5. The number of carboxylic acid groups (broad SMARTS) is 1. The third-order valence-corrected chi connectivity index (χ3v) is 9.17. The zero-order chi connectivity index (χ0) is 36.2. The molecule has 1 atom stereocenters. The largest absolute Gasteiger partial charge is 0.478 e. The first-order valence-corrected chi connectivity index (χ1v) is 16.7. The maximum absolute atomic E-state index is 14.8. The number of likely N-dealkylation sites (N-methyl/N-ethyl adjacent to an activating group) is 1. The van der Waals surface area contributed by atoms with Gasteiger partial charge in [-0.3, -0.25) is 14.4 Å². The number of carboxylic acids is 1. The molecule has 0 fully saturated rings. The fourth-order valence-electron chi connectivity index (χ4n) is 6.27. The van der Waals surface area contributed by atoms with Crippen molar-refractivity contribution in [1.82, 2.24) is 24.9 Å². The Morgan fingerprint density at radius 2 is 1.65 bits per heavy atom. The van der Waals surface area contributed by atoms with E-state index >= 15 is 0 Å². The Balaban J connectivity index is 1.33. The molecule has 0 radical (unpaired) electrons. The number of hydrogen-bond acceptors (Lipinski definition) is 6. The van der Waals surface area contributed by atoms with Crippen molar-refractivity contribution in [2.45, 2.75) is 18.9 Å². The van der Waals surface area contributed by atoms with Gasteiger partial charge in [0.25, 0.3) is 11.8 Å². The number of ketones is 1. The highest BCUT2D eigenvalue weighted by molar-refractivity contribution is 6.30. The van der Waals surface area contributed by atoms with Crippen molar-refractivity contribution in [2.24, 2.45) is 0 Å². The van der Waals surface area contributed by atoms with Gasteiger partial charge in [0.15, 0.2) is 11.6 Å². The first-order valence-electron chi connectivity index (χ1n) is 16.3. The number of carbonyl (C=O) groups is 4. The Morgan fingerprint density at radius 3 is 2.35 bits per heavy atom. The van der Waals surface area contributed by atoms with Gasteiger partial charge in [-0.25, -0.2) is 13.9 Å². The molecule has 260 valence electrons. The Hall–Kier alpha value is -5.65. The van der Waals surface area contributed by atoms with Crippen molar-refractivity contribution < 1.29 is 28.7 Å². The van der Waals surface area contributed by atoms with Gasteiger partial charge >= 0.3 is 5.97 Å². The van der Waals surface area contributed by atoms with Gasteiger partial charge in [-0.2, -0.15) is 5.10 Å². The fourth-order valence-corrected chi connectivity index (χ4v) is 6.43. The highest BCUT2D eigenvalue weighted by Crippen LogP contribution is 2.38. The summed E-state index contributed by atoms with van der Waals surface area (Å²) in [6.07, 6.45) is 3.13. The van der Waals surface area contributed by atoms with Crippen LogP contribution in [0.1, 0.15) is 53.8 Å². The molecule has 0 bridgehead atoms. The molecule has 0 aliphatic carbocycles. The summed E-state index contributed by atoms with van der Waals surface area (Å²) in [5.41, 5.74) is 4.77. The maximum atomic E-state index is 14.8. The molecule has 4 aromatic carbocycles. The van der Waals surface area contributed by atoms with Gasteiger partial charge in [-0.05, 0) is 84.7 Å². The molecule has 1 aliphatic heterocycles. The van der Waals surface area contributed by atoms with Crippen molar-refractivity contribution in [3.8, 4) is 16.8 Å². The number of aromatic carboxylic acids is 1. The molecule has 1 aliphatic rings. The predicted molar refractivity (Wildman–Crippen MR) is 191 cm³/mol. The van der Waals surface area contributed by atoms with Crippen LogP contribution in [0.15, 0.2) is 97.3 Å². The lowest BCUT2D eigenvalue weighted by Gasteiger charge is -2.37. The molecule has 2 amide bonds. The Kier molecular flexibility index (Phi) is 10.4. The number of fused-ring (bicyclic) bond motifs is 1. The average molecular weight is 708 g/mol. The van der Waals surface area contributed by atoms with Crippen molar-refractivity contribution in [3.05, 3.63) is 142 Å². The Morgan fingerprint density at radius 1 is 0.941 bits per heavy atom. The summed E-state index contributed by atoms with van der Waals surface area (Å²) >= 11 is 5.98. The summed E-state index contributed by atoms with van der Waals surface area (Å²) in [6.45, 7) is 1.45. The summed E-state index contributed by atoms with van der Waals surface area (Å²) in [7, 11) is 3.87. The van der Waals surface area contributed by atoms with E-state index in [2.05, 4.69) is 10.4 Å².